The van der Waals surface area contributed by atoms with Gasteiger partial charge in [0.05, 0.1) is 26.4 Å². The third-order valence-corrected chi connectivity index (χ3v) is 18.6. The molecule has 0 heterocycles. The van der Waals surface area contributed by atoms with Gasteiger partial charge in [-0.25, -0.2) is 9.13 Å². The third kappa shape index (κ3) is 78.5. The Hall–Kier alpha value is -5.58. The Bertz CT molecular complexity index is 2710. The number of carbonyl (C=O) groups excluding carboxylic acids is 4. The predicted molar refractivity (Wildman–Crippen MR) is 445 cm³/mol. The van der Waals surface area contributed by atoms with Crippen LogP contribution in [-0.2, 0) is 65.4 Å². The minimum absolute atomic E-state index is 0.0410. The van der Waals surface area contributed by atoms with Crippen molar-refractivity contribution < 1.29 is 80.2 Å². The van der Waals surface area contributed by atoms with Gasteiger partial charge < -0.3 is 33.8 Å². The molecule has 108 heavy (non-hydrogen) atoms. The van der Waals surface area contributed by atoms with E-state index in [-0.39, 0.29) is 25.7 Å². The fourth-order valence-electron chi connectivity index (χ4n) is 10.5. The molecule has 17 nitrogen and oxygen atoms in total. The predicted octanol–water partition coefficient (Wildman–Crippen LogP) is 24.6. The zero-order valence-corrected chi connectivity index (χ0v) is 69.0. The van der Waals surface area contributed by atoms with Gasteiger partial charge in [-0.2, -0.15) is 0 Å². The van der Waals surface area contributed by atoms with Crippen molar-refractivity contribution in [1.29, 1.82) is 0 Å². The summed E-state index contributed by atoms with van der Waals surface area (Å²) in [4.78, 5) is 73.2. The quantitative estimate of drug-likeness (QED) is 0.0169. The zero-order chi connectivity index (χ0) is 78.9. The van der Waals surface area contributed by atoms with Crippen LogP contribution >= 0.6 is 15.6 Å². The van der Waals surface area contributed by atoms with Crippen LogP contribution in [0.2, 0.25) is 0 Å². The molecule has 0 aromatic heterocycles. The van der Waals surface area contributed by atoms with Gasteiger partial charge in [0.15, 0.2) is 12.2 Å². The number of rotatable bonds is 76. The summed E-state index contributed by atoms with van der Waals surface area (Å²) in [5.41, 5.74) is 0. The third-order valence-electron chi connectivity index (χ3n) is 16.7. The van der Waals surface area contributed by atoms with Gasteiger partial charge in [0.2, 0.25) is 0 Å². The topological polar surface area (TPSA) is 237 Å². The number of phosphoric acid groups is 2. The maximum atomic E-state index is 13.1. The van der Waals surface area contributed by atoms with E-state index >= 15 is 0 Å². The summed E-state index contributed by atoms with van der Waals surface area (Å²) in [6.07, 6.45) is 94.7. The lowest BCUT2D eigenvalue weighted by atomic mass is 10.0. The zero-order valence-electron chi connectivity index (χ0n) is 67.2. The van der Waals surface area contributed by atoms with E-state index in [1.807, 2.05) is 0 Å². The lowest BCUT2D eigenvalue weighted by Gasteiger charge is -2.21. The van der Waals surface area contributed by atoms with E-state index in [1.165, 1.54) is 64.2 Å². The van der Waals surface area contributed by atoms with Crippen molar-refractivity contribution in [3.8, 4) is 0 Å². The molecule has 0 radical (unpaired) electrons. The molecule has 0 aliphatic rings. The molecule has 0 aromatic rings. The van der Waals surface area contributed by atoms with Crippen LogP contribution < -0.4 is 0 Å². The first kappa shape index (κ1) is 102. The number of carbonyl (C=O) groups is 4. The molecule has 0 aliphatic carbocycles. The van der Waals surface area contributed by atoms with Gasteiger partial charge in [0.1, 0.15) is 19.3 Å². The van der Waals surface area contributed by atoms with Gasteiger partial charge in [-0.3, -0.25) is 37.3 Å². The Labute approximate surface area is 654 Å². The Morgan fingerprint density at radius 2 is 0.481 bits per heavy atom. The lowest BCUT2D eigenvalue weighted by molar-refractivity contribution is -0.161. The van der Waals surface area contributed by atoms with Crippen molar-refractivity contribution in [3.05, 3.63) is 170 Å². The fourth-order valence-corrected chi connectivity index (χ4v) is 12.1. The Kier molecular flexibility index (Phi) is 75.4. The summed E-state index contributed by atoms with van der Waals surface area (Å²) in [6, 6.07) is 0. The first-order chi connectivity index (χ1) is 52.7. The highest BCUT2D eigenvalue weighted by molar-refractivity contribution is 7.47. The molecule has 5 atom stereocenters. The number of hydrogen-bond acceptors (Lipinski definition) is 15. The Morgan fingerprint density at radius 1 is 0.269 bits per heavy atom. The first-order valence-corrected chi connectivity index (χ1v) is 44.4. The summed E-state index contributed by atoms with van der Waals surface area (Å²) < 4.78 is 68.6. The first-order valence-electron chi connectivity index (χ1n) is 41.4. The van der Waals surface area contributed by atoms with Crippen LogP contribution in [0.15, 0.2) is 170 Å². The molecule has 0 amide bonds. The van der Waals surface area contributed by atoms with Crippen molar-refractivity contribution in [2.75, 3.05) is 39.6 Å². The standard InChI is InChI=1S/C89H146O17P2/c1-5-9-13-17-21-25-29-33-37-39-41-43-47-50-54-58-62-66-70-74-87(92)100-80-85(106-89(94)76-72-68-64-60-56-52-48-44-42-40-38-34-30-26-22-18-14-10-6-2)82-104-108(97,98)102-78-83(90)77-101-107(95,96)103-81-84(105-88(93)75-71-67-63-59-55-51-46-36-32-28-24-20-16-12-8-4)79-99-86(91)73-69-65-61-57-53-49-45-35-31-27-23-19-15-11-7-3/h9-11,13-15,21-23,25-27,33-35,37-38,41-45,50,52-54,56-57,83-85,90H,5-8,12,16-20,24,28-32,36,39-40,46-49,51,55,58-82H2,1-4H3,(H,95,96)(H,97,98)/b13-9-,14-10-,15-11-,25-21-,26-22-,27-23-,37-33-,38-34-,43-41-,44-42-,45-35-,54-50-,56-52-,57-53-. The van der Waals surface area contributed by atoms with Gasteiger partial charge >= 0.3 is 39.5 Å². The van der Waals surface area contributed by atoms with Crippen molar-refractivity contribution in [2.24, 2.45) is 0 Å². The van der Waals surface area contributed by atoms with Crippen molar-refractivity contribution >= 4 is 39.5 Å². The summed E-state index contributed by atoms with van der Waals surface area (Å²) in [6.45, 7) is 4.42. The maximum absolute atomic E-state index is 13.1. The monoisotopic (exact) mass is 1550 g/mol. The van der Waals surface area contributed by atoms with Crippen LogP contribution in [0.25, 0.3) is 0 Å². The molecule has 0 spiro atoms. The molecular weight excluding hydrogens is 1400 g/mol. The van der Waals surface area contributed by atoms with Gasteiger partial charge in [-0.05, 0) is 154 Å². The van der Waals surface area contributed by atoms with Gasteiger partial charge in [-0.15, -0.1) is 0 Å². The molecule has 0 rings (SSSR count). The smallest absolute Gasteiger partial charge is 0.462 e. The molecule has 5 unspecified atom stereocenters. The van der Waals surface area contributed by atoms with Crippen LogP contribution in [0.1, 0.15) is 310 Å². The normalized spacial score (nSPS) is 14.7. The highest BCUT2D eigenvalue weighted by Crippen LogP contribution is 2.45. The molecule has 614 valence electrons. The number of hydrogen-bond donors (Lipinski definition) is 3. The Balaban J connectivity index is 5.49. The number of phosphoric ester groups is 2. The number of unbranched alkanes of at least 4 members (excludes halogenated alkanes) is 22. The van der Waals surface area contributed by atoms with Crippen LogP contribution in [0.4, 0.5) is 0 Å². The Morgan fingerprint density at radius 3 is 0.759 bits per heavy atom. The lowest BCUT2D eigenvalue weighted by Crippen LogP contribution is -2.30. The van der Waals surface area contributed by atoms with E-state index in [0.717, 1.165) is 167 Å². The van der Waals surface area contributed by atoms with Gasteiger partial charge in [0, 0.05) is 25.7 Å². The summed E-state index contributed by atoms with van der Waals surface area (Å²) in [5, 5.41) is 10.7. The van der Waals surface area contributed by atoms with Crippen LogP contribution in [-0.4, -0.2) is 96.7 Å². The molecule has 19 heteroatoms. The minimum atomic E-state index is -5.01. The summed E-state index contributed by atoms with van der Waals surface area (Å²) in [5.74, 6) is -2.30. The SMILES string of the molecule is CC/C=C\C/C=C\C/C=C\C/C=C\C/C=C\CCCCCC(=O)OCC(COP(=O)(O)OCC(O)COP(=O)(O)OCC(COC(=O)CCCC/C=C\C/C=C\C/C=C\C/C=C\CC)OC(=O)CCCCCCCCCCCCCCCCC)OC(=O)CCCCC/C=C\C/C=C\C/C=C\C/C=C\C/C=C\CC. The van der Waals surface area contributed by atoms with E-state index < -0.39 is 97.5 Å². The number of esters is 4. The number of ether oxygens (including phenoxy) is 4. The van der Waals surface area contributed by atoms with Crippen molar-refractivity contribution in [3.63, 3.8) is 0 Å². The molecule has 0 saturated heterocycles. The summed E-state index contributed by atoms with van der Waals surface area (Å²) in [7, 11) is -10.0. The average molecular weight is 1550 g/mol. The molecule has 0 fully saturated rings. The highest BCUT2D eigenvalue weighted by Gasteiger charge is 2.30. The van der Waals surface area contributed by atoms with E-state index in [4.69, 9.17) is 37.0 Å². The maximum Gasteiger partial charge on any atom is 0.472 e. The highest BCUT2D eigenvalue weighted by atomic mass is 31.2. The molecule has 0 aromatic carbocycles. The second-order valence-corrected chi connectivity index (χ2v) is 29.8. The minimum Gasteiger partial charge on any atom is -0.462 e. The number of aliphatic hydroxyl groups excluding tert-OH is 1. The second-order valence-electron chi connectivity index (χ2n) is 26.9. The van der Waals surface area contributed by atoms with Crippen molar-refractivity contribution in [1.82, 2.24) is 0 Å². The van der Waals surface area contributed by atoms with Gasteiger partial charge in [0.25, 0.3) is 0 Å². The molecule has 0 aliphatic heterocycles. The second kappa shape index (κ2) is 79.5. The van der Waals surface area contributed by atoms with Crippen LogP contribution in [0.5, 0.6) is 0 Å². The fraction of sp³-hybridized carbons (Fsp3) is 0.640. The number of allylic oxidation sites excluding steroid dienone is 28. The van der Waals surface area contributed by atoms with E-state index in [9.17, 15) is 43.2 Å². The largest absolute Gasteiger partial charge is 0.472 e. The van der Waals surface area contributed by atoms with E-state index in [1.54, 1.807) is 0 Å². The molecule has 0 saturated carbocycles. The van der Waals surface area contributed by atoms with Crippen molar-refractivity contribution in [2.45, 2.75) is 329 Å². The van der Waals surface area contributed by atoms with Gasteiger partial charge in [-0.1, -0.05) is 301 Å². The van der Waals surface area contributed by atoms with E-state index in [0.29, 0.717) is 25.7 Å². The molecule has 3 N–H and O–H groups in total. The average Bonchev–Trinajstić information content (AvgIpc) is 0.896. The van der Waals surface area contributed by atoms with Crippen LogP contribution in [0, 0.1) is 0 Å². The molecular formula is C89H146O17P2. The van der Waals surface area contributed by atoms with Crippen LogP contribution in [0.3, 0.4) is 0 Å². The number of aliphatic hydroxyl groups is 1. The molecule has 0 bridgehead atoms. The summed E-state index contributed by atoms with van der Waals surface area (Å²) >= 11 is 0. The van der Waals surface area contributed by atoms with E-state index in [2.05, 4.69) is 198 Å².